The Balaban J connectivity index is 2.21. The molecule has 2 atom stereocenters. The van der Waals surface area contributed by atoms with Gasteiger partial charge in [0.15, 0.2) is 0 Å². The predicted molar refractivity (Wildman–Crippen MR) is 69.0 cm³/mol. The zero-order chi connectivity index (χ0) is 12.7. The van der Waals surface area contributed by atoms with Crippen molar-refractivity contribution in [3.8, 4) is 0 Å². The summed E-state index contributed by atoms with van der Waals surface area (Å²) in [6, 6.07) is 0.401. The topological polar surface area (TPSA) is 41.6 Å². The number of rotatable bonds is 6. The first kappa shape index (κ1) is 14.5. The fourth-order valence-corrected chi connectivity index (χ4v) is 1.90. The molecule has 4 nitrogen and oxygen atoms in total. The molecule has 100 valence electrons. The van der Waals surface area contributed by atoms with Gasteiger partial charge in [-0.3, -0.25) is 4.79 Å². The van der Waals surface area contributed by atoms with Crippen molar-refractivity contribution in [1.82, 2.24) is 10.2 Å². The Kier molecular flexibility index (Phi) is 6.52. The van der Waals surface area contributed by atoms with E-state index in [-0.39, 0.29) is 12.0 Å². The van der Waals surface area contributed by atoms with Gasteiger partial charge in [0, 0.05) is 26.2 Å². The Morgan fingerprint density at radius 3 is 2.88 bits per heavy atom. The second kappa shape index (κ2) is 7.67. The summed E-state index contributed by atoms with van der Waals surface area (Å²) in [7, 11) is 1.86. The molecule has 1 aliphatic heterocycles. The van der Waals surface area contributed by atoms with E-state index in [1.165, 1.54) is 6.42 Å². The zero-order valence-corrected chi connectivity index (χ0v) is 11.4. The van der Waals surface area contributed by atoms with E-state index in [2.05, 4.69) is 19.2 Å². The van der Waals surface area contributed by atoms with Crippen molar-refractivity contribution in [2.24, 2.45) is 0 Å². The predicted octanol–water partition coefficient (Wildman–Crippen LogP) is 1.40. The van der Waals surface area contributed by atoms with Crippen LogP contribution in [0.5, 0.6) is 0 Å². The summed E-state index contributed by atoms with van der Waals surface area (Å²) in [5.74, 6) is 0.152. The van der Waals surface area contributed by atoms with Crippen LogP contribution in [0.3, 0.4) is 0 Å². The molecule has 1 heterocycles. The van der Waals surface area contributed by atoms with Crippen molar-refractivity contribution in [3.05, 3.63) is 0 Å². The summed E-state index contributed by atoms with van der Waals surface area (Å²) in [5.41, 5.74) is 0. The van der Waals surface area contributed by atoms with E-state index in [4.69, 9.17) is 4.74 Å². The summed E-state index contributed by atoms with van der Waals surface area (Å²) < 4.78 is 5.63. The van der Waals surface area contributed by atoms with Crippen molar-refractivity contribution in [3.63, 3.8) is 0 Å². The number of amides is 1. The van der Waals surface area contributed by atoms with Crippen molar-refractivity contribution >= 4 is 5.91 Å². The molecule has 2 unspecified atom stereocenters. The lowest BCUT2D eigenvalue weighted by Gasteiger charge is -2.27. The van der Waals surface area contributed by atoms with Crippen LogP contribution >= 0.6 is 0 Å². The molecule has 0 spiro atoms. The van der Waals surface area contributed by atoms with Crippen LogP contribution in [0.4, 0.5) is 0 Å². The van der Waals surface area contributed by atoms with Crippen LogP contribution in [0.2, 0.25) is 0 Å². The molecular weight excluding hydrogens is 216 g/mol. The number of nitrogens with zero attached hydrogens (tertiary/aromatic N) is 1. The van der Waals surface area contributed by atoms with E-state index in [0.29, 0.717) is 12.6 Å². The van der Waals surface area contributed by atoms with Gasteiger partial charge in [-0.25, -0.2) is 0 Å². The van der Waals surface area contributed by atoms with Crippen LogP contribution in [-0.2, 0) is 9.53 Å². The lowest BCUT2D eigenvalue weighted by atomic mass is 10.1. The smallest absolute Gasteiger partial charge is 0.236 e. The Morgan fingerprint density at radius 1 is 1.53 bits per heavy atom. The molecule has 4 heteroatoms. The Hall–Kier alpha value is -0.610. The Morgan fingerprint density at radius 2 is 2.29 bits per heavy atom. The highest BCUT2D eigenvalue weighted by molar-refractivity contribution is 5.78. The average molecular weight is 242 g/mol. The molecule has 1 fully saturated rings. The van der Waals surface area contributed by atoms with Crippen LogP contribution in [-0.4, -0.2) is 49.7 Å². The third kappa shape index (κ3) is 5.50. The van der Waals surface area contributed by atoms with Gasteiger partial charge in [0.1, 0.15) is 0 Å². The molecule has 1 rings (SSSR count). The van der Waals surface area contributed by atoms with Gasteiger partial charge in [0.25, 0.3) is 0 Å². The highest BCUT2D eigenvalue weighted by Gasteiger charge is 2.18. The Bertz CT molecular complexity index is 227. The molecular formula is C13H26N2O2. The van der Waals surface area contributed by atoms with Crippen molar-refractivity contribution < 1.29 is 9.53 Å². The fourth-order valence-electron chi connectivity index (χ4n) is 1.90. The highest BCUT2D eigenvalue weighted by atomic mass is 16.5. The number of nitrogens with one attached hydrogen (secondary N) is 1. The van der Waals surface area contributed by atoms with Crippen LogP contribution in [0.15, 0.2) is 0 Å². The molecule has 1 N–H and O–H groups in total. The van der Waals surface area contributed by atoms with Gasteiger partial charge < -0.3 is 15.0 Å². The van der Waals surface area contributed by atoms with Crippen molar-refractivity contribution in [2.45, 2.75) is 51.7 Å². The molecule has 0 aromatic carbocycles. The highest BCUT2D eigenvalue weighted by Crippen LogP contribution is 2.13. The molecule has 17 heavy (non-hydrogen) atoms. The van der Waals surface area contributed by atoms with E-state index in [1.807, 2.05) is 7.05 Å². The van der Waals surface area contributed by atoms with Crippen LogP contribution < -0.4 is 5.32 Å². The van der Waals surface area contributed by atoms with Gasteiger partial charge in [-0.05, 0) is 32.6 Å². The minimum absolute atomic E-state index is 0.152. The van der Waals surface area contributed by atoms with E-state index < -0.39 is 0 Å². The number of hydrogen-bond acceptors (Lipinski definition) is 3. The molecule has 0 saturated carbocycles. The standard InChI is InChI=1S/C13H26N2O2/c1-4-11(2)14-9-13(16)15(3)10-12-7-5-6-8-17-12/h11-12,14H,4-10H2,1-3H3. The number of carbonyl (C=O) groups is 1. The number of ether oxygens (including phenoxy) is 1. The van der Waals surface area contributed by atoms with E-state index in [0.717, 1.165) is 32.4 Å². The van der Waals surface area contributed by atoms with Crippen molar-refractivity contribution in [2.75, 3.05) is 26.7 Å². The third-order valence-corrected chi connectivity index (χ3v) is 3.39. The van der Waals surface area contributed by atoms with Gasteiger partial charge in [0.2, 0.25) is 5.91 Å². The first-order valence-electron chi connectivity index (χ1n) is 6.72. The van der Waals surface area contributed by atoms with E-state index >= 15 is 0 Å². The van der Waals surface area contributed by atoms with E-state index in [1.54, 1.807) is 4.90 Å². The minimum atomic E-state index is 0.152. The normalized spacial score (nSPS) is 22.2. The fraction of sp³-hybridized carbons (Fsp3) is 0.923. The summed E-state index contributed by atoms with van der Waals surface area (Å²) in [6.07, 6.45) is 4.74. The summed E-state index contributed by atoms with van der Waals surface area (Å²) in [4.78, 5) is 13.6. The molecule has 1 amide bonds. The maximum absolute atomic E-state index is 11.8. The van der Waals surface area contributed by atoms with Crippen LogP contribution in [0, 0.1) is 0 Å². The number of likely N-dealkylation sites (N-methyl/N-ethyl adjacent to an activating group) is 1. The van der Waals surface area contributed by atoms with Gasteiger partial charge in [-0.1, -0.05) is 6.92 Å². The molecule has 0 aliphatic carbocycles. The summed E-state index contributed by atoms with van der Waals surface area (Å²) in [5, 5.41) is 3.22. The maximum atomic E-state index is 11.8. The monoisotopic (exact) mass is 242 g/mol. The quantitative estimate of drug-likeness (QED) is 0.765. The lowest BCUT2D eigenvalue weighted by molar-refractivity contribution is -0.131. The van der Waals surface area contributed by atoms with Gasteiger partial charge in [-0.2, -0.15) is 0 Å². The molecule has 1 saturated heterocycles. The second-order valence-corrected chi connectivity index (χ2v) is 4.95. The molecule has 0 aromatic rings. The molecule has 0 radical (unpaired) electrons. The largest absolute Gasteiger partial charge is 0.376 e. The van der Waals surface area contributed by atoms with Gasteiger partial charge in [0.05, 0.1) is 12.6 Å². The summed E-state index contributed by atoms with van der Waals surface area (Å²) >= 11 is 0. The Labute approximate surface area is 105 Å². The molecule has 0 aromatic heterocycles. The molecule has 1 aliphatic rings. The minimum Gasteiger partial charge on any atom is -0.376 e. The molecule has 0 bridgehead atoms. The second-order valence-electron chi connectivity index (χ2n) is 4.95. The first-order valence-corrected chi connectivity index (χ1v) is 6.72. The average Bonchev–Trinajstić information content (AvgIpc) is 2.36. The van der Waals surface area contributed by atoms with Crippen LogP contribution in [0.1, 0.15) is 39.5 Å². The lowest BCUT2D eigenvalue weighted by Crippen LogP contribution is -2.42. The van der Waals surface area contributed by atoms with Crippen LogP contribution in [0.25, 0.3) is 0 Å². The first-order chi connectivity index (χ1) is 8.13. The zero-order valence-electron chi connectivity index (χ0n) is 11.4. The maximum Gasteiger partial charge on any atom is 0.236 e. The summed E-state index contributed by atoms with van der Waals surface area (Å²) in [6.45, 7) is 6.20. The third-order valence-electron chi connectivity index (χ3n) is 3.39. The van der Waals surface area contributed by atoms with Gasteiger partial charge in [-0.15, -0.1) is 0 Å². The SMILES string of the molecule is CCC(C)NCC(=O)N(C)CC1CCCCO1. The number of carbonyl (C=O) groups excluding carboxylic acids is 1. The van der Waals surface area contributed by atoms with E-state index in [9.17, 15) is 4.79 Å². The van der Waals surface area contributed by atoms with Crippen molar-refractivity contribution in [1.29, 1.82) is 0 Å². The van der Waals surface area contributed by atoms with Gasteiger partial charge >= 0.3 is 0 Å². The number of hydrogen-bond donors (Lipinski definition) is 1.